The molecule has 1 N–H and O–H groups in total. The van der Waals surface area contributed by atoms with Crippen LogP contribution in [0, 0.1) is 6.92 Å². The molecule has 142 valence electrons. The summed E-state index contributed by atoms with van der Waals surface area (Å²) in [6.45, 7) is 3.72. The predicted octanol–water partition coefficient (Wildman–Crippen LogP) is 4.02. The molecule has 0 saturated heterocycles. The number of fused-ring (bicyclic) bond motifs is 3. The molecule has 1 aromatic carbocycles. The molecular weight excluding hydrogens is 374 g/mol. The Balaban J connectivity index is 0.00000192. The van der Waals surface area contributed by atoms with Crippen LogP contribution in [0.15, 0.2) is 64.1 Å². The zero-order valence-electron chi connectivity index (χ0n) is 15.4. The largest absolute Gasteiger partial charge is 0.461 e. The maximum atomic E-state index is 12.7. The van der Waals surface area contributed by atoms with Crippen LogP contribution in [-0.2, 0) is 13.0 Å². The van der Waals surface area contributed by atoms with Crippen LogP contribution in [-0.4, -0.2) is 16.1 Å². The van der Waals surface area contributed by atoms with Crippen LogP contribution in [0.3, 0.4) is 0 Å². The van der Waals surface area contributed by atoms with E-state index in [1.54, 1.807) is 16.8 Å². The minimum Gasteiger partial charge on any atom is -0.461 e. The van der Waals surface area contributed by atoms with Crippen molar-refractivity contribution in [2.45, 2.75) is 19.9 Å². The van der Waals surface area contributed by atoms with Crippen LogP contribution in [0.5, 0.6) is 0 Å². The van der Waals surface area contributed by atoms with Gasteiger partial charge in [0.1, 0.15) is 11.3 Å². The molecule has 1 aliphatic rings. The molecule has 0 spiro atoms. The van der Waals surface area contributed by atoms with Gasteiger partial charge in [-0.2, -0.15) is 0 Å². The summed E-state index contributed by atoms with van der Waals surface area (Å²) < 4.78 is 7.68. The van der Waals surface area contributed by atoms with Crippen molar-refractivity contribution in [2.24, 2.45) is 0 Å². The van der Waals surface area contributed by atoms with Crippen molar-refractivity contribution in [3.8, 4) is 16.8 Å². The number of aromatic nitrogens is 2. The van der Waals surface area contributed by atoms with Crippen LogP contribution in [0.2, 0.25) is 0 Å². The van der Waals surface area contributed by atoms with Crippen molar-refractivity contribution < 1.29 is 4.42 Å². The van der Waals surface area contributed by atoms with Gasteiger partial charge in [-0.15, -0.1) is 12.4 Å². The quantitative estimate of drug-likeness (QED) is 0.558. The highest BCUT2D eigenvalue weighted by Crippen LogP contribution is 2.29. The Labute approximate surface area is 168 Å². The zero-order chi connectivity index (χ0) is 18.4. The van der Waals surface area contributed by atoms with E-state index in [-0.39, 0.29) is 18.0 Å². The first-order chi connectivity index (χ1) is 13.2. The lowest BCUT2D eigenvalue weighted by Gasteiger charge is -2.10. The van der Waals surface area contributed by atoms with Gasteiger partial charge in [-0.25, -0.2) is 0 Å². The Hall–Kier alpha value is -2.89. The second-order valence-corrected chi connectivity index (χ2v) is 6.92. The van der Waals surface area contributed by atoms with Crippen LogP contribution in [0.25, 0.3) is 27.8 Å². The number of pyridine rings is 2. The monoisotopic (exact) mass is 393 g/mol. The van der Waals surface area contributed by atoms with E-state index in [1.807, 2.05) is 49.5 Å². The summed E-state index contributed by atoms with van der Waals surface area (Å²) in [4.78, 5) is 17.0. The number of benzene rings is 1. The molecule has 3 aromatic heterocycles. The molecule has 5 nitrogen and oxygen atoms in total. The lowest BCUT2D eigenvalue weighted by molar-refractivity contribution is 0.500. The highest BCUT2D eigenvalue weighted by molar-refractivity contribution is 5.85. The second kappa shape index (κ2) is 7.26. The fourth-order valence-corrected chi connectivity index (χ4v) is 3.66. The van der Waals surface area contributed by atoms with Gasteiger partial charge in [-0.1, -0.05) is 6.07 Å². The first kappa shape index (κ1) is 18.5. The summed E-state index contributed by atoms with van der Waals surface area (Å²) in [5.74, 6) is 1.05. The summed E-state index contributed by atoms with van der Waals surface area (Å²) in [7, 11) is 0. The van der Waals surface area contributed by atoms with E-state index >= 15 is 0 Å². The summed E-state index contributed by atoms with van der Waals surface area (Å²) in [5, 5.41) is 4.50. The average molecular weight is 394 g/mol. The molecule has 6 heteroatoms. The molecule has 4 heterocycles. The van der Waals surface area contributed by atoms with Crippen LogP contribution in [0.4, 0.5) is 0 Å². The first-order valence-corrected chi connectivity index (χ1v) is 9.10. The number of nitrogens with one attached hydrogen (secondary N) is 1. The highest BCUT2D eigenvalue weighted by Gasteiger charge is 2.17. The van der Waals surface area contributed by atoms with E-state index in [0.29, 0.717) is 0 Å². The number of furan rings is 1. The van der Waals surface area contributed by atoms with E-state index in [4.69, 9.17) is 4.42 Å². The van der Waals surface area contributed by atoms with E-state index in [0.717, 1.165) is 58.7 Å². The molecule has 1 aliphatic heterocycles. The number of nitrogens with zero attached hydrogens (tertiary/aromatic N) is 2. The van der Waals surface area contributed by atoms with Gasteiger partial charge in [-0.05, 0) is 36.8 Å². The molecule has 0 aliphatic carbocycles. The van der Waals surface area contributed by atoms with E-state index in [1.165, 1.54) is 5.56 Å². The van der Waals surface area contributed by atoms with Crippen molar-refractivity contribution in [1.29, 1.82) is 0 Å². The highest BCUT2D eigenvalue weighted by atomic mass is 35.5. The maximum absolute atomic E-state index is 12.7. The Bertz CT molecular complexity index is 1210. The second-order valence-electron chi connectivity index (χ2n) is 6.92. The van der Waals surface area contributed by atoms with Gasteiger partial charge in [0.15, 0.2) is 0 Å². The number of rotatable bonds is 2. The van der Waals surface area contributed by atoms with Crippen molar-refractivity contribution in [3.63, 3.8) is 0 Å². The molecule has 0 saturated carbocycles. The third-order valence-corrected chi connectivity index (χ3v) is 5.13. The number of hydrogen-bond donors (Lipinski definition) is 1. The molecule has 0 unspecified atom stereocenters. The maximum Gasteiger partial charge on any atom is 0.255 e. The molecule has 0 bridgehead atoms. The molecule has 4 aromatic rings. The van der Waals surface area contributed by atoms with Gasteiger partial charge in [-0.3, -0.25) is 14.3 Å². The van der Waals surface area contributed by atoms with Gasteiger partial charge in [0.05, 0.1) is 5.69 Å². The smallest absolute Gasteiger partial charge is 0.255 e. The fourth-order valence-electron chi connectivity index (χ4n) is 3.66. The molecular formula is C22H20ClN3O2. The third-order valence-electron chi connectivity index (χ3n) is 5.13. The molecule has 0 radical (unpaired) electrons. The molecule has 0 fully saturated rings. The van der Waals surface area contributed by atoms with Gasteiger partial charge in [0.25, 0.3) is 5.56 Å². The standard InChI is InChI=1S/C22H19N3O2.ClH/c1-14-2-3-16(12-24-14)15-7-9-25(22(26)10-15)17-4-5-18-19-13-23-8-6-20(19)27-21(18)11-17;/h2-5,7,9-12,23H,6,8,13H2,1H3;1H. The van der Waals surface area contributed by atoms with E-state index < -0.39 is 0 Å². The van der Waals surface area contributed by atoms with Crippen molar-refractivity contribution in [2.75, 3.05) is 6.54 Å². The van der Waals surface area contributed by atoms with E-state index in [2.05, 4.69) is 10.3 Å². The molecule has 5 rings (SSSR count). The third kappa shape index (κ3) is 3.13. The number of hydrogen-bond acceptors (Lipinski definition) is 4. The minimum absolute atomic E-state index is 0. The minimum atomic E-state index is -0.0783. The Kier molecular flexibility index (Phi) is 4.79. The summed E-state index contributed by atoms with van der Waals surface area (Å²) in [6, 6.07) is 13.5. The average Bonchev–Trinajstić information content (AvgIpc) is 3.06. The zero-order valence-corrected chi connectivity index (χ0v) is 16.3. The Morgan fingerprint density at radius 3 is 2.79 bits per heavy atom. The lowest BCUT2D eigenvalue weighted by atomic mass is 10.1. The fraction of sp³-hybridized carbons (Fsp3) is 0.182. The van der Waals surface area contributed by atoms with Crippen LogP contribution in [0.1, 0.15) is 17.0 Å². The Morgan fingerprint density at radius 2 is 2.00 bits per heavy atom. The van der Waals surface area contributed by atoms with Crippen molar-refractivity contribution in [1.82, 2.24) is 14.9 Å². The van der Waals surface area contributed by atoms with Gasteiger partial charge in [0, 0.05) is 66.2 Å². The SMILES string of the molecule is Cc1ccc(-c2ccn(-c3ccc4c5c(oc4c3)CCNC5)c(=O)c2)cn1.Cl. The van der Waals surface area contributed by atoms with Crippen LogP contribution >= 0.6 is 12.4 Å². The van der Waals surface area contributed by atoms with Crippen molar-refractivity contribution >= 4 is 23.4 Å². The lowest BCUT2D eigenvalue weighted by Crippen LogP contribution is -2.22. The molecule has 0 amide bonds. The summed E-state index contributed by atoms with van der Waals surface area (Å²) >= 11 is 0. The van der Waals surface area contributed by atoms with Gasteiger partial charge < -0.3 is 9.73 Å². The summed E-state index contributed by atoms with van der Waals surface area (Å²) in [5.41, 5.74) is 5.55. The number of aryl methyl sites for hydroxylation is 1. The van der Waals surface area contributed by atoms with Crippen LogP contribution < -0.4 is 10.9 Å². The molecule has 0 atom stereocenters. The van der Waals surface area contributed by atoms with Gasteiger partial charge >= 0.3 is 0 Å². The first-order valence-electron chi connectivity index (χ1n) is 9.10. The number of halogens is 1. The topological polar surface area (TPSA) is 60.1 Å². The predicted molar refractivity (Wildman–Crippen MR) is 112 cm³/mol. The van der Waals surface area contributed by atoms with E-state index in [9.17, 15) is 4.79 Å². The van der Waals surface area contributed by atoms with Crippen molar-refractivity contribution in [3.05, 3.63) is 82.2 Å². The normalized spacial score (nSPS) is 13.2. The van der Waals surface area contributed by atoms with Gasteiger partial charge in [0.2, 0.25) is 0 Å². The molecule has 28 heavy (non-hydrogen) atoms. The summed E-state index contributed by atoms with van der Waals surface area (Å²) in [6.07, 6.45) is 4.50. The Morgan fingerprint density at radius 1 is 1.11 bits per heavy atom.